The summed E-state index contributed by atoms with van der Waals surface area (Å²) in [6.45, 7) is 3.13. The summed E-state index contributed by atoms with van der Waals surface area (Å²) in [7, 11) is 0. The van der Waals surface area contributed by atoms with Crippen molar-refractivity contribution < 1.29 is 9.50 Å². The van der Waals surface area contributed by atoms with Crippen molar-refractivity contribution in [3.05, 3.63) is 24.1 Å². The van der Waals surface area contributed by atoms with Crippen molar-refractivity contribution in [3.8, 4) is 0 Å². The van der Waals surface area contributed by atoms with Crippen LogP contribution < -0.4 is 4.90 Å². The van der Waals surface area contributed by atoms with E-state index in [9.17, 15) is 9.50 Å². The minimum atomic E-state index is -0.609. The average Bonchev–Trinajstić information content (AvgIpc) is 2.19. The molecule has 1 saturated heterocycles. The fourth-order valence-electron chi connectivity index (χ4n) is 1.81. The van der Waals surface area contributed by atoms with Crippen molar-refractivity contribution in [1.82, 2.24) is 4.98 Å². The number of rotatable bonds is 1. The van der Waals surface area contributed by atoms with Gasteiger partial charge in [0.2, 0.25) is 0 Å². The zero-order valence-electron chi connectivity index (χ0n) is 8.78. The Hall–Kier alpha value is -1.16. The highest BCUT2D eigenvalue weighted by molar-refractivity contribution is 5.40. The van der Waals surface area contributed by atoms with E-state index in [1.165, 1.54) is 6.07 Å². The highest BCUT2D eigenvalue weighted by atomic mass is 19.1. The molecule has 0 radical (unpaired) electrons. The first-order valence-corrected chi connectivity index (χ1v) is 5.16. The van der Waals surface area contributed by atoms with Crippen LogP contribution in [0.3, 0.4) is 0 Å². The molecule has 0 spiro atoms. The normalized spacial score (nSPS) is 20.3. The Labute approximate surface area is 88.6 Å². The lowest BCUT2D eigenvalue weighted by atomic mass is 9.94. The third-order valence-electron chi connectivity index (χ3n) is 2.88. The summed E-state index contributed by atoms with van der Waals surface area (Å²) in [4.78, 5) is 5.90. The van der Waals surface area contributed by atoms with Crippen LogP contribution >= 0.6 is 0 Å². The first-order chi connectivity index (χ1) is 7.08. The fraction of sp³-hybridized carbons (Fsp3) is 0.545. The number of aromatic nitrogens is 1. The third kappa shape index (κ3) is 2.26. The smallest absolute Gasteiger partial charge is 0.165 e. The Morgan fingerprint density at radius 2 is 2.13 bits per heavy atom. The molecule has 15 heavy (non-hydrogen) atoms. The zero-order valence-corrected chi connectivity index (χ0v) is 8.78. The fourth-order valence-corrected chi connectivity index (χ4v) is 1.81. The highest BCUT2D eigenvalue weighted by Gasteiger charge is 2.28. The number of hydrogen-bond donors (Lipinski definition) is 1. The minimum Gasteiger partial charge on any atom is -0.390 e. The number of aliphatic hydroxyl groups is 1. The van der Waals surface area contributed by atoms with E-state index in [1.807, 2.05) is 11.8 Å². The number of halogens is 1. The van der Waals surface area contributed by atoms with Gasteiger partial charge in [0.1, 0.15) is 0 Å². The third-order valence-corrected chi connectivity index (χ3v) is 2.88. The Morgan fingerprint density at radius 3 is 2.73 bits per heavy atom. The van der Waals surface area contributed by atoms with Crippen molar-refractivity contribution >= 4 is 5.82 Å². The summed E-state index contributed by atoms with van der Waals surface area (Å²) in [5.41, 5.74) is -0.609. The van der Waals surface area contributed by atoms with Gasteiger partial charge >= 0.3 is 0 Å². The van der Waals surface area contributed by atoms with Gasteiger partial charge in [0.05, 0.1) is 5.60 Å². The van der Waals surface area contributed by atoms with E-state index < -0.39 is 5.60 Å². The molecule has 0 aromatic carbocycles. The van der Waals surface area contributed by atoms with Crippen molar-refractivity contribution in [2.24, 2.45) is 0 Å². The maximum absolute atomic E-state index is 13.4. The summed E-state index contributed by atoms with van der Waals surface area (Å²) in [5, 5.41) is 9.77. The first kappa shape index (κ1) is 10.4. The van der Waals surface area contributed by atoms with Gasteiger partial charge in [-0.2, -0.15) is 0 Å². The first-order valence-electron chi connectivity index (χ1n) is 5.16. The molecule has 2 rings (SSSR count). The van der Waals surface area contributed by atoms with E-state index in [-0.39, 0.29) is 5.82 Å². The largest absolute Gasteiger partial charge is 0.390 e. The van der Waals surface area contributed by atoms with Crippen LogP contribution in [0.25, 0.3) is 0 Å². The predicted octanol–water partition coefficient (Wildman–Crippen LogP) is 1.57. The lowest BCUT2D eigenvalue weighted by Crippen LogP contribution is -2.43. The highest BCUT2D eigenvalue weighted by Crippen LogP contribution is 2.25. The lowest BCUT2D eigenvalue weighted by molar-refractivity contribution is 0.0349. The van der Waals surface area contributed by atoms with Gasteiger partial charge in [-0.1, -0.05) is 0 Å². The number of anilines is 1. The van der Waals surface area contributed by atoms with Crippen LogP contribution in [0.4, 0.5) is 10.2 Å². The Kier molecular flexibility index (Phi) is 2.61. The van der Waals surface area contributed by atoms with E-state index in [0.29, 0.717) is 31.7 Å². The lowest BCUT2D eigenvalue weighted by Gasteiger charge is -2.36. The summed E-state index contributed by atoms with van der Waals surface area (Å²) in [6, 6.07) is 2.99. The van der Waals surface area contributed by atoms with Gasteiger partial charge in [-0.05, 0) is 31.9 Å². The van der Waals surface area contributed by atoms with E-state index in [4.69, 9.17) is 0 Å². The molecule has 82 valence electrons. The van der Waals surface area contributed by atoms with Crippen molar-refractivity contribution in [1.29, 1.82) is 0 Å². The number of nitrogens with zero attached hydrogens (tertiary/aromatic N) is 2. The Balaban J connectivity index is 2.11. The van der Waals surface area contributed by atoms with Crippen LogP contribution in [-0.2, 0) is 0 Å². The summed E-state index contributed by atoms with van der Waals surface area (Å²) in [6.07, 6.45) is 2.90. The monoisotopic (exact) mass is 210 g/mol. The van der Waals surface area contributed by atoms with E-state index in [1.54, 1.807) is 12.3 Å². The molecular weight excluding hydrogens is 195 g/mol. The summed E-state index contributed by atoms with van der Waals surface area (Å²) in [5.74, 6) is 0.104. The van der Waals surface area contributed by atoms with Crippen LogP contribution in [0.15, 0.2) is 18.3 Å². The predicted molar refractivity (Wildman–Crippen MR) is 56.3 cm³/mol. The second-order valence-corrected chi connectivity index (χ2v) is 4.29. The molecule has 1 N–H and O–H groups in total. The van der Waals surface area contributed by atoms with Gasteiger partial charge in [0.25, 0.3) is 0 Å². The molecule has 1 aliphatic heterocycles. The zero-order chi connectivity index (χ0) is 10.9. The Bertz CT molecular complexity index is 344. The quantitative estimate of drug-likeness (QED) is 0.764. The van der Waals surface area contributed by atoms with Gasteiger partial charge in [-0.25, -0.2) is 9.37 Å². The number of piperidine rings is 1. The van der Waals surface area contributed by atoms with E-state index >= 15 is 0 Å². The maximum atomic E-state index is 13.4. The SMILES string of the molecule is CC1(O)CCN(c2ncccc2F)CC1. The molecule has 0 amide bonds. The van der Waals surface area contributed by atoms with Crippen molar-refractivity contribution in [2.75, 3.05) is 18.0 Å². The van der Waals surface area contributed by atoms with E-state index in [0.717, 1.165) is 0 Å². The molecule has 0 aliphatic carbocycles. The summed E-state index contributed by atoms with van der Waals surface area (Å²) < 4.78 is 13.4. The second kappa shape index (κ2) is 3.77. The molecule has 1 aromatic heterocycles. The van der Waals surface area contributed by atoms with Crippen LogP contribution in [0.2, 0.25) is 0 Å². The van der Waals surface area contributed by atoms with Crippen LogP contribution in [0.1, 0.15) is 19.8 Å². The maximum Gasteiger partial charge on any atom is 0.165 e. The van der Waals surface area contributed by atoms with Crippen LogP contribution in [-0.4, -0.2) is 28.8 Å². The van der Waals surface area contributed by atoms with Gasteiger partial charge in [0, 0.05) is 19.3 Å². The molecular formula is C11H15FN2O. The molecule has 3 nitrogen and oxygen atoms in total. The average molecular weight is 210 g/mol. The molecule has 2 heterocycles. The van der Waals surface area contributed by atoms with Gasteiger partial charge < -0.3 is 10.0 Å². The standard InChI is InChI=1S/C11H15FN2O/c1-11(15)4-7-14(8-5-11)10-9(12)3-2-6-13-10/h2-3,6,15H,4-5,7-8H2,1H3. The number of pyridine rings is 1. The molecule has 4 heteroatoms. The van der Waals surface area contributed by atoms with Crippen LogP contribution in [0.5, 0.6) is 0 Å². The molecule has 0 unspecified atom stereocenters. The topological polar surface area (TPSA) is 36.4 Å². The molecule has 1 fully saturated rings. The molecule has 0 atom stereocenters. The van der Waals surface area contributed by atoms with Crippen LogP contribution in [0, 0.1) is 5.82 Å². The van der Waals surface area contributed by atoms with Crippen molar-refractivity contribution in [2.45, 2.75) is 25.4 Å². The Morgan fingerprint density at radius 1 is 1.47 bits per heavy atom. The molecule has 0 saturated carbocycles. The van der Waals surface area contributed by atoms with Crippen molar-refractivity contribution in [3.63, 3.8) is 0 Å². The number of hydrogen-bond acceptors (Lipinski definition) is 3. The second-order valence-electron chi connectivity index (χ2n) is 4.29. The summed E-state index contributed by atoms with van der Waals surface area (Å²) >= 11 is 0. The molecule has 1 aliphatic rings. The molecule has 1 aromatic rings. The van der Waals surface area contributed by atoms with Gasteiger partial charge in [-0.15, -0.1) is 0 Å². The van der Waals surface area contributed by atoms with Gasteiger partial charge in [0.15, 0.2) is 11.6 Å². The van der Waals surface area contributed by atoms with E-state index in [2.05, 4.69) is 4.98 Å². The molecule has 0 bridgehead atoms. The van der Waals surface area contributed by atoms with Gasteiger partial charge in [-0.3, -0.25) is 0 Å². The minimum absolute atomic E-state index is 0.293.